The monoisotopic (exact) mass is 257 g/mol. The lowest BCUT2D eigenvalue weighted by molar-refractivity contribution is -0.156. The summed E-state index contributed by atoms with van der Waals surface area (Å²) >= 11 is 0. The van der Waals surface area contributed by atoms with E-state index in [0.29, 0.717) is 0 Å². The van der Waals surface area contributed by atoms with E-state index in [1.165, 1.54) is 7.11 Å². The maximum absolute atomic E-state index is 11.7. The van der Waals surface area contributed by atoms with E-state index in [1.807, 2.05) is 0 Å². The summed E-state index contributed by atoms with van der Waals surface area (Å²) in [4.78, 5) is 46.1. The molecule has 7 nitrogen and oxygen atoms in total. The Morgan fingerprint density at radius 1 is 1.50 bits per heavy atom. The van der Waals surface area contributed by atoms with E-state index in [9.17, 15) is 19.2 Å². The largest absolute Gasteiger partial charge is 0.480 e. The number of carboxylic acid groups (broad SMARTS) is 1. The normalized spacial score (nSPS) is 21.0. The Balaban J connectivity index is 2.79. The number of hydrogen-bond acceptors (Lipinski definition) is 5. The van der Waals surface area contributed by atoms with Gasteiger partial charge >= 0.3 is 11.9 Å². The Bertz CT molecular complexity index is 391. The molecule has 1 fully saturated rings. The SMILES string of the molecule is COC(=O)CCC(C(=O)O)N1C(=O)CC(C)C1=O. The Morgan fingerprint density at radius 2 is 2.11 bits per heavy atom. The molecule has 0 aromatic heterocycles. The van der Waals surface area contributed by atoms with Gasteiger partial charge in [-0.3, -0.25) is 19.3 Å². The van der Waals surface area contributed by atoms with Crippen molar-refractivity contribution in [3.8, 4) is 0 Å². The van der Waals surface area contributed by atoms with Crippen LogP contribution in [0.4, 0.5) is 0 Å². The molecule has 2 amide bonds. The van der Waals surface area contributed by atoms with E-state index in [1.54, 1.807) is 6.92 Å². The van der Waals surface area contributed by atoms with Gasteiger partial charge in [-0.25, -0.2) is 4.79 Å². The van der Waals surface area contributed by atoms with Gasteiger partial charge < -0.3 is 9.84 Å². The summed E-state index contributed by atoms with van der Waals surface area (Å²) in [7, 11) is 1.19. The van der Waals surface area contributed by atoms with Crippen LogP contribution in [-0.2, 0) is 23.9 Å². The third-order valence-electron chi connectivity index (χ3n) is 2.85. The van der Waals surface area contributed by atoms with Gasteiger partial charge in [0.1, 0.15) is 6.04 Å². The number of imide groups is 1. The summed E-state index contributed by atoms with van der Waals surface area (Å²) in [6.45, 7) is 1.57. The number of nitrogens with zero attached hydrogens (tertiary/aromatic N) is 1. The molecular formula is C11H15NO6. The molecule has 1 saturated heterocycles. The number of methoxy groups -OCH3 is 1. The van der Waals surface area contributed by atoms with Crippen LogP contribution in [0.3, 0.4) is 0 Å². The predicted molar refractivity (Wildman–Crippen MR) is 58.3 cm³/mol. The Labute approximate surface area is 104 Å². The smallest absolute Gasteiger partial charge is 0.326 e. The number of carboxylic acids is 1. The van der Waals surface area contributed by atoms with Crippen LogP contribution in [0.2, 0.25) is 0 Å². The molecule has 0 aromatic rings. The summed E-state index contributed by atoms with van der Waals surface area (Å²) in [5.74, 6) is -3.39. The second kappa shape index (κ2) is 5.61. The molecule has 0 spiro atoms. The predicted octanol–water partition coefficient (Wildman–Crippen LogP) is -0.212. The first-order valence-electron chi connectivity index (χ1n) is 5.54. The van der Waals surface area contributed by atoms with Crippen molar-refractivity contribution in [1.29, 1.82) is 0 Å². The number of carbonyl (C=O) groups is 4. The van der Waals surface area contributed by atoms with E-state index in [4.69, 9.17) is 5.11 Å². The first-order valence-corrected chi connectivity index (χ1v) is 5.54. The molecule has 2 atom stereocenters. The van der Waals surface area contributed by atoms with E-state index >= 15 is 0 Å². The molecule has 0 saturated carbocycles. The fourth-order valence-corrected chi connectivity index (χ4v) is 1.85. The molecule has 1 rings (SSSR count). The standard InChI is InChI=1S/C11H15NO6/c1-6-5-8(13)12(10(6)15)7(11(16)17)3-4-9(14)18-2/h6-7H,3-5H2,1-2H3,(H,16,17). The zero-order chi connectivity index (χ0) is 13.9. The zero-order valence-corrected chi connectivity index (χ0v) is 10.2. The minimum Gasteiger partial charge on any atom is -0.480 e. The molecular weight excluding hydrogens is 242 g/mol. The Hall–Kier alpha value is -1.92. The molecule has 0 aliphatic carbocycles. The average Bonchev–Trinajstić information content (AvgIpc) is 2.55. The van der Waals surface area contributed by atoms with Crippen molar-refractivity contribution >= 4 is 23.8 Å². The van der Waals surface area contributed by atoms with Gasteiger partial charge in [-0.15, -0.1) is 0 Å². The highest BCUT2D eigenvalue weighted by Gasteiger charge is 2.42. The van der Waals surface area contributed by atoms with Gasteiger partial charge in [0, 0.05) is 18.8 Å². The molecule has 2 unspecified atom stereocenters. The van der Waals surface area contributed by atoms with Crippen LogP contribution in [0.25, 0.3) is 0 Å². The van der Waals surface area contributed by atoms with Crippen molar-refractivity contribution in [2.45, 2.75) is 32.2 Å². The van der Waals surface area contributed by atoms with Crippen molar-refractivity contribution in [2.75, 3.05) is 7.11 Å². The van der Waals surface area contributed by atoms with E-state index in [0.717, 1.165) is 4.90 Å². The van der Waals surface area contributed by atoms with Gasteiger partial charge in [0.25, 0.3) is 0 Å². The topological polar surface area (TPSA) is 101 Å². The number of aliphatic carboxylic acids is 1. The van der Waals surface area contributed by atoms with Crippen LogP contribution >= 0.6 is 0 Å². The molecule has 0 bridgehead atoms. The molecule has 1 aliphatic heterocycles. The first-order chi connectivity index (χ1) is 8.38. The number of likely N-dealkylation sites (tertiary alicyclic amines) is 1. The van der Waals surface area contributed by atoms with Gasteiger partial charge in [0.15, 0.2) is 0 Å². The second-order valence-electron chi connectivity index (χ2n) is 4.18. The lowest BCUT2D eigenvalue weighted by Gasteiger charge is -2.22. The lowest BCUT2D eigenvalue weighted by Crippen LogP contribution is -2.45. The third kappa shape index (κ3) is 2.85. The molecule has 0 radical (unpaired) electrons. The van der Waals surface area contributed by atoms with E-state index in [-0.39, 0.29) is 19.3 Å². The highest BCUT2D eigenvalue weighted by Crippen LogP contribution is 2.23. The van der Waals surface area contributed by atoms with E-state index < -0.39 is 35.7 Å². The van der Waals surface area contributed by atoms with Crippen molar-refractivity contribution in [3.05, 3.63) is 0 Å². The summed E-state index contributed by atoms with van der Waals surface area (Å²) < 4.78 is 4.40. The van der Waals surface area contributed by atoms with Crippen LogP contribution in [-0.4, -0.2) is 46.9 Å². The van der Waals surface area contributed by atoms with Gasteiger partial charge in [0.2, 0.25) is 11.8 Å². The van der Waals surface area contributed by atoms with Crippen LogP contribution < -0.4 is 0 Å². The van der Waals surface area contributed by atoms with Crippen LogP contribution in [0.1, 0.15) is 26.2 Å². The van der Waals surface area contributed by atoms with Gasteiger partial charge in [-0.2, -0.15) is 0 Å². The van der Waals surface area contributed by atoms with Crippen molar-refractivity contribution in [3.63, 3.8) is 0 Å². The Kier molecular flexibility index (Phi) is 4.41. The number of carbonyl (C=O) groups excluding carboxylic acids is 3. The van der Waals surface area contributed by atoms with E-state index in [2.05, 4.69) is 4.74 Å². The molecule has 1 heterocycles. The van der Waals surface area contributed by atoms with Crippen LogP contribution in [0.5, 0.6) is 0 Å². The lowest BCUT2D eigenvalue weighted by atomic mass is 10.1. The van der Waals surface area contributed by atoms with Gasteiger partial charge in [-0.1, -0.05) is 6.92 Å². The summed E-state index contributed by atoms with van der Waals surface area (Å²) in [5, 5.41) is 9.04. The number of amides is 2. The minimum atomic E-state index is -1.30. The van der Waals surface area contributed by atoms with Crippen LogP contribution in [0, 0.1) is 5.92 Å². The number of hydrogen-bond donors (Lipinski definition) is 1. The molecule has 0 aromatic carbocycles. The maximum Gasteiger partial charge on any atom is 0.326 e. The highest BCUT2D eigenvalue weighted by atomic mass is 16.5. The summed E-state index contributed by atoms with van der Waals surface area (Å²) in [6, 6.07) is -1.30. The second-order valence-corrected chi connectivity index (χ2v) is 4.18. The molecule has 1 aliphatic rings. The van der Waals surface area contributed by atoms with Gasteiger partial charge in [0.05, 0.1) is 7.11 Å². The fraction of sp³-hybridized carbons (Fsp3) is 0.636. The number of esters is 1. The summed E-state index contributed by atoms with van der Waals surface area (Å²) in [5.41, 5.74) is 0. The number of rotatable bonds is 5. The molecule has 1 N–H and O–H groups in total. The zero-order valence-electron chi connectivity index (χ0n) is 10.2. The molecule has 18 heavy (non-hydrogen) atoms. The quantitative estimate of drug-likeness (QED) is 0.540. The first kappa shape index (κ1) is 14.1. The Morgan fingerprint density at radius 3 is 2.50 bits per heavy atom. The van der Waals surface area contributed by atoms with Crippen molar-refractivity contribution in [2.24, 2.45) is 5.92 Å². The van der Waals surface area contributed by atoms with Crippen molar-refractivity contribution in [1.82, 2.24) is 4.90 Å². The average molecular weight is 257 g/mol. The molecule has 100 valence electrons. The minimum absolute atomic E-state index is 0.0147. The fourth-order valence-electron chi connectivity index (χ4n) is 1.85. The molecule has 7 heteroatoms. The summed E-state index contributed by atoms with van der Waals surface area (Å²) in [6.07, 6.45) is -0.272. The number of ether oxygens (including phenoxy) is 1. The third-order valence-corrected chi connectivity index (χ3v) is 2.85. The van der Waals surface area contributed by atoms with Crippen LogP contribution in [0.15, 0.2) is 0 Å². The highest BCUT2D eigenvalue weighted by molar-refractivity contribution is 6.06. The van der Waals surface area contributed by atoms with Crippen molar-refractivity contribution < 1.29 is 29.0 Å². The maximum atomic E-state index is 11.7. The van der Waals surface area contributed by atoms with Gasteiger partial charge in [-0.05, 0) is 6.42 Å².